The van der Waals surface area contributed by atoms with Crippen LogP contribution in [0.4, 0.5) is 0 Å². The lowest BCUT2D eigenvalue weighted by Crippen LogP contribution is -2.03. The van der Waals surface area contributed by atoms with E-state index >= 15 is 0 Å². The van der Waals surface area contributed by atoms with Crippen molar-refractivity contribution in [2.24, 2.45) is 0 Å². The van der Waals surface area contributed by atoms with Crippen LogP contribution in [0.5, 0.6) is 0 Å². The topological polar surface area (TPSA) is 12.9 Å². The van der Waals surface area contributed by atoms with Gasteiger partial charge in [-0.15, -0.1) is 0 Å². The zero-order valence-corrected chi connectivity index (χ0v) is 6.41. The third-order valence-electron chi connectivity index (χ3n) is 1.87. The van der Waals surface area contributed by atoms with E-state index in [0.29, 0.717) is 0 Å². The van der Waals surface area contributed by atoms with Crippen LogP contribution in [0.1, 0.15) is 0 Å². The first-order chi connectivity index (χ1) is 5.38. The molecule has 1 aromatic carbocycles. The summed E-state index contributed by atoms with van der Waals surface area (Å²) in [6.07, 6.45) is 3.78. The van der Waals surface area contributed by atoms with Gasteiger partial charge in [0.2, 0.25) is 0 Å². The molecule has 0 N–H and O–H groups in total. The normalized spacial score (nSPS) is 10.2. The van der Waals surface area contributed by atoms with Crippen LogP contribution in [0.15, 0.2) is 36.7 Å². The molecule has 0 saturated carbocycles. The van der Waals surface area contributed by atoms with Crippen molar-refractivity contribution in [3.8, 4) is 0 Å². The van der Waals surface area contributed by atoms with E-state index in [1.54, 1.807) is 0 Å². The van der Waals surface area contributed by atoms with E-state index in [2.05, 4.69) is 31.0 Å². The number of nitrogens with zero attached hydrogens (tertiary/aromatic N) is 1. The molecule has 11 heavy (non-hydrogen) atoms. The van der Waals surface area contributed by atoms with Crippen molar-refractivity contribution in [3.63, 3.8) is 0 Å². The number of fused-ring (bicyclic) bond motifs is 1. The molecule has 1 heterocycles. The Hall–Kier alpha value is -1.31. The summed E-state index contributed by atoms with van der Waals surface area (Å²) in [6, 6.07) is 8.28. The standard InChI is InChI=1S/C9H8BN/c10-9-6-11-5-7-3-1-2-4-8(7)9/h1-6H,10H2. The highest BCUT2D eigenvalue weighted by molar-refractivity contribution is 6.38. The van der Waals surface area contributed by atoms with Crippen molar-refractivity contribution in [2.75, 3.05) is 0 Å². The molecule has 0 aliphatic heterocycles. The number of hydrogen-bond acceptors (Lipinski definition) is 1. The van der Waals surface area contributed by atoms with Crippen LogP contribution < -0.4 is 5.46 Å². The molecule has 0 saturated heterocycles. The zero-order valence-electron chi connectivity index (χ0n) is 6.41. The van der Waals surface area contributed by atoms with Gasteiger partial charge in [-0.25, -0.2) is 0 Å². The van der Waals surface area contributed by atoms with Gasteiger partial charge in [-0.05, 0) is 10.8 Å². The number of hydrogen-bond donors (Lipinski definition) is 0. The molecular weight excluding hydrogens is 133 g/mol. The monoisotopic (exact) mass is 141 g/mol. The van der Waals surface area contributed by atoms with Crippen molar-refractivity contribution >= 4 is 24.1 Å². The third-order valence-corrected chi connectivity index (χ3v) is 1.87. The fourth-order valence-electron chi connectivity index (χ4n) is 1.27. The summed E-state index contributed by atoms with van der Waals surface area (Å²) in [5, 5.41) is 2.51. The van der Waals surface area contributed by atoms with E-state index in [4.69, 9.17) is 0 Å². The number of benzene rings is 1. The Morgan fingerprint density at radius 2 is 1.91 bits per heavy atom. The maximum absolute atomic E-state index is 4.11. The van der Waals surface area contributed by atoms with Gasteiger partial charge in [-0.1, -0.05) is 29.7 Å². The molecule has 0 spiro atoms. The van der Waals surface area contributed by atoms with Gasteiger partial charge in [0, 0.05) is 12.4 Å². The fraction of sp³-hybridized carbons (Fsp3) is 0. The highest BCUT2D eigenvalue weighted by Crippen LogP contribution is 2.07. The first-order valence-electron chi connectivity index (χ1n) is 3.67. The lowest BCUT2D eigenvalue weighted by molar-refractivity contribution is 1.38. The Morgan fingerprint density at radius 1 is 1.09 bits per heavy atom. The minimum atomic E-state index is 1.22. The van der Waals surface area contributed by atoms with E-state index in [1.807, 2.05) is 18.5 Å². The van der Waals surface area contributed by atoms with Gasteiger partial charge in [-0.2, -0.15) is 0 Å². The van der Waals surface area contributed by atoms with Crippen LogP contribution in [-0.2, 0) is 0 Å². The summed E-state index contributed by atoms with van der Waals surface area (Å²) in [5.41, 5.74) is 1.24. The Bertz CT molecular complexity index is 379. The average Bonchev–Trinajstić information content (AvgIpc) is 2.06. The van der Waals surface area contributed by atoms with Gasteiger partial charge in [0.25, 0.3) is 0 Å². The Balaban J connectivity index is 2.91. The molecule has 1 aromatic heterocycles. The summed E-state index contributed by atoms with van der Waals surface area (Å²) in [4.78, 5) is 4.11. The first-order valence-corrected chi connectivity index (χ1v) is 3.67. The number of pyridine rings is 1. The van der Waals surface area contributed by atoms with Crippen molar-refractivity contribution in [3.05, 3.63) is 36.7 Å². The maximum Gasteiger partial charge on any atom is 0.142 e. The summed E-state index contributed by atoms with van der Waals surface area (Å²) in [6.45, 7) is 0. The molecule has 0 atom stereocenters. The first kappa shape index (κ1) is 6.41. The lowest BCUT2D eigenvalue weighted by atomic mass is 9.93. The molecule has 0 aliphatic carbocycles. The van der Waals surface area contributed by atoms with Crippen LogP contribution >= 0.6 is 0 Å². The number of aromatic nitrogens is 1. The Morgan fingerprint density at radius 3 is 2.73 bits per heavy atom. The van der Waals surface area contributed by atoms with E-state index < -0.39 is 0 Å². The maximum atomic E-state index is 4.11. The van der Waals surface area contributed by atoms with Crippen LogP contribution in [-0.4, -0.2) is 12.8 Å². The third kappa shape index (κ3) is 1.00. The minimum absolute atomic E-state index is 1.22. The van der Waals surface area contributed by atoms with Crippen LogP contribution in [0.3, 0.4) is 0 Å². The van der Waals surface area contributed by atoms with Crippen molar-refractivity contribution in [1.29, 1.82) is 0 Å². The molecular formula is C9H8BN. The molecule has 2 heteroatoms. The van der Waals surface area contributed by atoms with Crippen molar-refractivity contribution in [2.45, 2.75) is 0 Å². The molecule has 1 nitrogen and oxygen atoms in total. The van der Waals surface area contributed by atoms with Gasteiger partial charge < -0.3 is 0 Å². The van der Waals surface area contributed by atoms with E-state index in [0.717, 1.165) is 0 Å². The summed E-state index contributed by atoms with van der Waals surface area (Å²) in [5.74, 6) is 0. The lowest BCUT2D eigenvalue weighted by Gasteiger charge is -1.98. The molecule has 0 bridgehead atoms. The quantitative estimate of drug-likeness (QED) is 0.486. The van der Waals surface area contributed by atoms with Gasteiger partial charge in [0.05, 0.1) is 0 Å². The molecule has 0 aliphatic rings. The van der Waals surface area contributed by atoms with Gasteiger partial charge in [0.15, 0.2) is 0 Å². The highest BCUT2D eigenvalue weighted by Gasteiger charge is 1.93. The van der Waals surface area contributed by atoms with E-state index in [9.17, 15) is 0 Å². The van der Waals surface area contributed by atoms with Gasteiger partial charge in [0.1, 0.15) is 7.85 Å². The van der Waals surface area contributed by atoms with E-state index in [-0.39, 0.29) is 0 Å². The predicted octanol–water partition coefficient (Wildman–Crippen LogP) is 0.493. The SMILES string of the molecule is Bc1cncc2ccccc12. The van der Waals surface area contributed by atoms with Crippen LogP contribution in [0.25, 0.3) is 10.8 Å². The second-order valence-electron chi connectivity index (χ2n) is 2.68. The fourth-order valence-corrected chi connectivity index (χ4v) is 1.27. The molecule has 2 aromatic rings. The summed E-state index contributed by atoms with van der Waals surface area (Å²) < 4.78 is 0. The Labute approximate surface area is 66.5 Å². The second-order valence-corrected chi connectivity index (χ2v) is 2.68. The largest absolute Gasteiger partial charge is 0.265 e. The van der Waals surface area contributed by atoms with E-state index in [1.165, 1.54) is 16.2 Å². The summed E-state index contributed by atoms with van der Waals surface area (Å²) >= 11 is 0. The zero-order chi connectivity index (χ0) is 7.68. The molecule has 0 unspecified atom stereocenters. The van der Waals surface area contributed by atoms with Crippen molar-refractivity contribution < 1.29 is 0 Å². The highest BCUT2D eigenvalue weighted by atomic mass is 14.6. The Kier molecular flexibility index (Phi) is 1.39. The molecule has 0 fully saturated rings. The average molecular weight is 141 g/mol. The summed E-state index contributed by atoms with van der Waals surface area (Å²) in [7, 11) is 2.08. The second kappa shape index (κ2) is 2.38. The van der Waals surface area contributed by atoms with Gasteiger partial charge >= 0.3 is 0 Å². The smallest absolute Gasteiger partial charge is 0.142 e. The van der Waals surface area contributed by atoms with Crippen molar-refractivity contribution in [1.82, 2.24) is 4.98 Å². The van der Waals surface area contributed by atoms with Crippen LogP contribution in [0, 0.1) is 0 Å². The van der Waals surface area contributed by atoms with Crippen LogP contribution in [0.2, 0.25) is 0 Å². The number of rotatable bonds is 0. The molecule has 0 amide bonds. The molecule has 0 radical (unpaired) electrons. The molecule has 2 rings (SSSR count). The minimum Gasteiger partial charge on any atom is -0.265 e. The predicted molar refractivity (Wildman–Crippen MR) is 49.9 cm³/mol. The molecule has 52 valence electrons. The van der Waals surface area contributed by atoms with Gasteiger partial charge in [-0.3, -0.25) is 4.98 Å².